The molecule has 2 atom stereocenters. The number of rotatable bonds is 22. The Morgan fingerprint density at radius 1 is 0.508 bits per heavy atom. The first-order chi connectivity index (χ1) is 30.6. The lowest BCUT2D eigenvalue weighted by molar-refractivity contribution is -0.150. The van der Waals surface area contributed by atoms with Gasteiger partial charge < -0.3 is 29.4 Å². The SMILES string of the molecule is CC(C)[C@H](NC(=O)[C@H](Cc1ccc(OP(=O)(OCc2ccccc2)OCc2ccccc2)c(OCc2ccccc2)c1)NC(=O)OCc1ccccc1)C(=O)OCc1ccccc1. The molecule has 6 aromatic carbocycles. The molecule has 326 valence electrons. The summed E-state index contributed by atoms with van der Waals surface area (Å²) >= 11 is 0. The maximum Gasteiger partial charge on any atom is 0.530 e. The number of benzene rings is 6. The Morgan fingerprint density at radius 2 is 0.952 bits per heavy atom. The van der Waals surface area contributed by atoms with E-state index < -0.39 is 37.9 Å². The highest BCUT2D eigenvalue weighted by atomic mass is 31.2. The molecule has 12 nitrogen and oxygen atoms in total. The molecule has 0 fully saturated rings. The monoisotopic (exact) mass is 870 g/mol. The average molecular weight is 871 g/mol. The van der Waals surface area contributed by atoms with Crippen LogP contribution < -0.4 is 19.9 Å². The van der Waals surface area contributed by atoms with Gasteiger partial charge in [-0.15, -0.1) is 0 Å². The number of phosphoric ester groups is 1. The van der Waals surface area contributed by atoms with Gasteiger partial charge in [-0.2, -0.15) is 0 Å². The van der Waals surface area contributed by atoms with E-state index in [-0.39, 0.29) is 56.9 Å². The summed E-state index contributed by atoms with van der Waals surface area (Å²) in [6.07, 6.45) is -0.926. The van der Waals surface area contributed by atoms with Gasteiger partial charge in [0.15, 0.2) is 11.5 Å². The van der Waals surface area contributed by atoms with E-state index in [2.05, 4.69) is 10.6 Å². The molecule has 0 saturated heterocycles. The van der Waals surface area contributed by atoms with Gasteiger partial charge in [0.1, 0.15) is 31.9 Å². The van der Waals surface area contributed by atoms with Crippen molar-refractivity contribution >= 4 is 25.8 Å². The third-order valence-electron chi connectivity index (χ3n) is 9.62. The predicted octanol–water partition coefficient (Wildman–Crippen LogP) is 9.91. The number of hydrogen-bond donors (Lipinski definition) is 2. The fourth-order valence-corrected chi connectivity index (χ4v) is 7.38. The summed E-state index contributed by atoms with van der Waals surface area (Å²) < 4.78 is 49.8. The standard InChI is InChI=1S/C50H51N2O10P/c1-37(2)47(49(54)58-33-39-20-10-4-11-21-39)52-48(53)44(51-50(55)59-34-40-22-12-5-13-23-40)30-43-28-29-45(46(31-43)57-32-38-18-8-3-9-19-38)62-63(56,60-35-41-24-14-6-15-25-41)61-36-42-26-16-7-17-27-42/h3-29,31,37,44,47H,30,32-36H2,1-2H3,(H,51,55)(H,52,53)/t44-,47-/m0/s1. The van der Waals surface area contributed by atoms with Gasteiger partial charge in [0, 0.05) is 6.42 Å². The molecule has 0 aliphatic carbocycles. The maximum absolute atomic E-state index is 14.5. The largest absolute Gasteiger partial charge is 0.530 e. The summed E-state index contributed by atoms with van der Waals surface area (Å²) in [4.78, 5) is 40.8. The van der Waals surface area contributed by atoms with Gasteiger partial charge in [0.05, 0.1) is 13.2 Å². The first-order valence-electron chi connectivity index (χ1n) is 20.6. The summed E-state index contributed by atoms with van der Waals surface area (Å²) in [7, 11) is -4.33. The summed E-state index contributed by atoms with van der Waals surface area (Å²) in [5, 5.41) is 5.49. The zero-order chi connectivity index (χ0) is 44.3. The van der Waals surface area contributed by atoms with Crippen molar-refractivity contribution < 1.29 is 46.7 Å². The van der Waals surface area contributed by atoms with Crippen LogP contribution in [0.25, 0.3) is 0 Å². The van der Waals surface area contributed by atoms with Crippen LogP contribution in [0.4, 0.5) is 4.79 Å². The minimum Gasteiger partial charge on any atom is -0.485 e. The molecule has 0 aliphatic rings. The van der Waals surface area contributed by atoms with Crippen molar-refractivity contribution in [3.8, 4) is 11.5 Å². The smallest absolute Gasteiger partial charge is 0.485 e. The van der Waals surface area contributed by atoms with Crippen LogP contribution in [0.2, 0.25) is 0 Å². The zero-order valence-electron chi connectivity index (χ0n) is 35.2. The zero-order valence-corrected chi connectivity index (χ0v) is 36.1. The number of esters is 1. The second kappa shape index (κ2) is 23.5. The van der Waals surface area contributed by atoms with Gasteiger partial charge >= 0.3 is 19.9 Å². The predicted molar refractivity (Wildman–Crippen MR) is 238 cm³/mol. The fraction of sp³-hybridized carbons (Fsp3) is 0.220. The summed E-state index contributed by atoms with van der Waals surface area (Å²) in [5.41, 5.74) is 4.42. The molecular formula is C50H51N2O10P. The van der Waals surface area contributed by atoms with E-state index >= 15 is 0 Å². The van der Waals surface area contributed by atoms with Gasteiger partial charge in [-0.05, 0) is 51.4 Å². The van der Waals surface area contributed by atoms with Crippen LogP contribution in [-0.4, -0.2) is 30.1 Å². The average Bonchev–Trinajstić information content (AvgIpc) is 3.32. The number of hydrogen-bond acceptors (Lipinski definition) is 10. The Bertz CT molecular complexity index is 2340. The topological polar surface area (TPSA) is 148 Å². The Balaban J connectivity index is 1.26. The number of amides is 2. The molecule has 6 rings (SSSR count). The quantitative estimate of drug-likeness (QED) is 0.0499. The Morgan fingerprint density at radius 3 is 1.43 bits per heavy atom. The molecule has 6 aromatic rings. The Labute approximate surface area is 368 Å². The number of alkyl carbamates (subject to hydrolysis) is 1. The van der Waals surface area contributed by atoms with E-state index in [0.29, 0.717) is 5.56 Å². The van der Waals surface area contributed by atoms with Gasteiger partial charge in [0.25, 0.3) is 0 Å². The third kappa shape index (κ3) is 15.0. The van der Waals surface area contributed by atoms with Gasteiger partial charge in [-0.3, -0.25) is 13.8 Å². The van der Waals surface area contributed by atoms with Crippen LogP contribution in [0, 0.1) is 5.92 Å². The van der Waals surface area contributed by atoms with Gasteiger partial charge in [0.2, 0.25) is 5.91 Å². The van der Waals surface area contributed by atoms with Crippen LogP contribution >= 0.6 is 7.82 Å². The van der Waals surface area contributed by atoms with Crippen molar-refractivity contribution in [1.29, 1.82) is 0 Å². The van der Waals surface area contributed by atoms with Crippen molar-refractivity contribution in [1.82, 2.24) is 10.6 Å². The highest BCUT2D eigenvalue weighted by molar-refractivity contribution is 7.48. The van der Waals surface area contributed by atoms with Crippen molar-refractivity contribution in [2.45, 2.75) is 65.4 Å². The first-order valence-corrected chi connectivity index (χ1v) is 22.0. The maximum atomic E-state index is 14.5. The van der Waals surface area contributed by atoms with E-state index in [1.54, 1.807) is 32.0 Å². The number of nitrogens with one attached hydrogen (secondary N) is 2. The molecule has 0 spiro atoms. The van der Waals surface area contributed by atoms with Crippen LogP contribution in [0.1, 0.15) is 47.2 Å². The van der Waals surface area contributed by atoms with E-state index in [0.717, 1.165) is 27.8 Å². The number of carbonyl (C=O) groups is 3. The molecule has 63 heavy (non-hydrogen) atoms. The van der Waals surface area contributed by atoms with E-state index in [9.17, 15) is 18.9 Å². The normalized spacial score (nSPS) is 12.1. The number of ether oxygens (including phenoxy) is 3. The van der Waals surface area contributed by atoms with Crippen LogP contribution in [-0.2, 0) is 72.1 Å². The number of carbonyl (C=O) groups excluding carboxylic acids is 3. The minimum atomic E-state index is -4.33. The molecule has 0 bridgehead atoms. The molecule has 0 aliphatic heterocycles. The van der Waals surface area contributed by atoms with Crippen molar-refractivity contribution in [3.05, 3.63) is 203 Å². The lowest BCUT2D eigenvalue weighted by atomic mass is 10.0. The summed E-state index contributed by atoms with van der Waals surface area (Å²) in [6, 6.07) is 48.7. The summed E-state index contributed by atoms with van der Waals surface area (Å²) in [5.74, 6) is -1.42. The fourth-order valence-electron chi connectivity index (χ4n) is 6.19. The summed E-state index contributed by atoms with van der Waals surface area (Å²) in [6.45, 7) is 3.53. The molecule has 0 saturated carbocycles. The molecule has 2 amide bonds. The van der Waals surface area contributed by atoms with Crippen molar-refractivity contribution in [2.24, 2.45) is 5.92 Å². The molecule has 13 heteroatoms. The highest BCUT2D eigenvalue weighted by Gasteiger charge is 2.33. The van der Waals surface area contributed by atoms with Gasteiger partial charge in [-0.1, -0.05) is 172 Å². The molecule has 0 unspecified atom stereocenters. The minimum absolute atomic E-state index is 0.0218. The van der Waals surface area contributed by atoms with E-state index in [4.69, 9.17) is 27.8 Å². The highest BCUT2D eigenvalue weighted by Crippen LogP contribution is 2.53. The van der Waals surface area contributed by atoms with Crippen LogP contribution in [0.3, 0.4) is 0 Å². The second-order valence-corrected chi connectivity index (χ2v) is 16.5. The Kier molecular flexibility index (Phi) is 17.1. The first kappa shape index (κ1) is 45.8. The third-order valence-corrected chi connectivity index (χ3v) is 10.9. The molecule has 0 radical (unpaired) electrons. The second-order valence-electron chi connectivity index (χ2n) is 14.9. The molecular weight excluding hydrogens is 820 g/mol. The molecule has 0 aromatic heterocycles. The van der Waals surface area contributed by atoms with E-state index in [1.807, 2.05) is 152 Å². The van der Waals surface area contributed by atoms with Crippen LogP contribution in [0.5, 0.6) is 11.5 Å². The van der Waals surface area contributed by atoms with Crippen molar-refractivity contribution in [2.75, 3.05) is 0 Å². The van der Waals surface area contributed by atoms with E-state index in [1.165, 1.54) is 0 Å². The number of phosphoric acid groups is 1. The lowest BCUT2D eigenvalue weighted by Gasteiger charge is -2.25. The van der Waals surface area contributed by atoms with Crippen LogP contribution in [0.15, 0.2) is 170 Å². The molecule has 0 heterocycles. The molecule has 2 N–H and O–H groups in total. The Hall–Kier alpha value is -6.72. The van der Waals surface area contributed by atoms with Gasteiger partial charge in [-0.25, -0.2) is 14.2 Å². The lowest BCUT2D eigenvalue weighted by Crippen LogP contribution is -2.54. The van der Waals surface area contributed by atoms with Crippen molar-refractivity contribution in [3.63, 3.8) is 0 Å².